The molecule has 0 fully saturated rings. The summed E-state index contributed by atoms with van der Waals surface area (Å²) in [6.07, 6.45) is 0. The third-order valence-electron chi connectivity index (χ3n) is 5.41. The molecule has 0 saturated heterocycles. The van der Waals surface area contributed by atoms with Crippen molar-refractivity contribution in [3.63, 3.8) is 0 Å². The summed E-state index contributed by atoms with van der Waals surface area (Å²) in [4.78, 5) is 27.3. The number of carbonyl (C=O) groups is 2. The Morgan fingerprint density at radius 2 is 1.30 bits per heavy atom. The molecule has 0 atom stereocenters. The molecule has 27 heavy (non-hydrogen) atoms. The van der Waals surface area contributed by atoms with Crippen LogP contribution >= 0.6 is 0 Å². The summed E-state index contributed by atoms with van der Waals surface area (Å²) in [6.45, 7) is 8.94. The van der Waals surface area contributed by atoms with Gasteiger partial charge in [-0.15, -0.1) is 0 Å². The van der Waals surface area contributed by atoms with Crippen LogP contribution in [0.1, 0.15) is 45.7 Å². The van der Waals surface area contributed by atoms with Gasteiger partial charge in [-0.1, -0.05) is 36.1 Å². The zero-order chi connectivity index (χ0) is 19.8. The van der Waals surface area contributed by atoms with E-state index in [4.69, 9.17) is 0 Å². The predicted octanol–water partition coefficient (Wildman–Crippen LogP) is 4.01. The van der Waals surface area contributed by atoms with E-state index >= 15 is 0 Å². The lowest BCUT2D eigenvalue weighted by Gasteiger charge is -2.43. The maximum absolute atomic E-state index is 13.8. The predicted molar refractivity (Wildman–Crippen MR) is 108 cm³/mol. The monoisotopic (exact) mass is 360 g/mol. The number of para-hydroxylation sites is 2. The van der Waals surface area contributed by atoms with Gasteiger partial charge >= 0.3 is 0 Å². The van der Waals surface area contributed by atoms with Crippen molar-refractivity contribution in [3.05, 3.63) is 59.7 Å². The molecule has 4 heteroatoms. The number of carbonyl (C=O) groups excluding carboxylic acids is 2. The number of nitrogens with one attached hydrogen (secondary N) is 1. The summed E-state index contributed by atoms with van der Waals surface area (Å²) in [5.41, 5.74) is 1.50. The largest absolute Gasteiger partial charge is 0.350 e. The first-order valence-electron chi connectivity index (χ1n) is 8.98. The van der Waals surface area contributed by atoms with Crippen LogP contribution in [0, 0.1) is 17.3 Å². The molecule has 1 aliphatic rings. The van der Waals surface area contributed by atoms with Crippen LogP contribution in [0.4, 0.5) is 11.4 Å². The summed E-state index contributed by atoms with van der Waals surface area (Å²) >= 11 is 0. The molecular weight excluding hydrogens is 336 g/mol. The Balaban J connectivity index is 2.17. The van der Waals surface area contributed by atoms with Crippen LogP contribution in [0.5, 0.6) is 0 Å². The van der Waals surface area contributed by atoms with E-state index in [1.54, 1.807) is 4.90 Å². The summed E-state index contributed by atoms with van der Waals surface area (Å²) < 4.78 is 0. The van der Waals surface area contributed by atoms with E-state index in [1.165, 1.54) is 6.92 Å². The average Bonchev–Trinajstić information content (AvgIpc) is 2.76. The van der Waals surface area contributed by atoms with Crippen molar-refractivity contribution in [3.8, 4) is 11.8 Å². The first-order chi connectivity index (χ1) is 12.6. The van der Waals surface area contributed by atoms with Gasteiger partial charge < -0.3 is 5.32 Å². The maximum atomic E-state index is 13.8. The molecule has 0 aliphatic carbocycles. The number of hydrogen-bond acceptors (Lipinski definition) is 2. The van der Waals surface area contributed by atoms with Crippen LogP contribution < -0.4 is 10.2 Å². The van der Waals surface area contributed by atoms with E-state index in [1.807, 2.05) is 76.2 Å². The SMILES string of the molecule is CC(=O)NC(C)(C)C(C)(C)C(=O)N1c2ccccc2C#Cc2ccccc21. The van der Waals surface area contributed by atoms with E-state index in [9.17, 15) is 9.59 Å². The first kappa shape index (κ1) is 18.7. The summed E-state index contributed by atoms with van der Waals surface area (Å²) in [5, 5.41) is 2.93. The zero-order valence-electron chi connectivity index (χ0n) is 16.4. The molecule has 0 unspecified atom stereocenters. The number of amides is 2. The highest BCUT2D eigenvalue weighted by Gasteiger charge is 2.47. The molecule has 2 amide bonds. The van der Waals surface area contributed by atoms with Gasteiger partial charge in [-0.25, -0.2) is 0 Å². The van der Waals surface area contributed by atoms with Crippen LogP contribution in [-0.4, -0.2) is 17.4 Å². The molecule has 1 aliphatic heterocycles. The van der Waals surface area contributed by atoms with Gasteiger partial charge in [-0.05, 0) is 52.0 Å². The Bertz CT molecular complexity index is 926. The minimum atomic E-state index is -0.872. The zero-order valence-corrected chi connectivity index (χ0v) is 16.4. The van der Waals surface area contributed by atoms with Gasteiger partial charge in [0.15, 0.2) is 0 Å². The van der Waals surface area contributed by atoms with E-state index in [0.717, 1.165) is 22.5 Å². The fourth-order valence-electron chi connectivity index (χ4n) is 3.18. The van der Waals surface area contributed by atoms with Gasteiger partial charge in [0.1, 0.15) is 0 Å². The van der Waals surface area contributed by atoms with Crippen molar-refractivity contribution >= 4 is 23.2 Å². The molecule has 0 saturated carbocycles. The summed E-state index contributed by atoms with van der Waals surface area (Å²) in [7, 11) is 0. The molecule has 138 valence electrons. The van der Waals surface area contributed by atoms with Crippen LogP contribution in [-0.2, 0) is 9.59 Å². The lowest BCUT2D eigenvalue weighted by Crippen LogP contribution is -2.59. The van der Waals surface area contributed by atoms with E-state index in [0.29, 0.717) is 0 Å². The fourth-order valence-corrected chi connectivity index (χ4v) is 3.18. The minimum Gasteiger partial charge on any atom is -0.350 e. The second-order valence-electron chi connectivity index (χ2n) is 7.86. The molecule has 1 heterocycles. The number of hydrogen-bond donors (Lipinski definition) is 1. The number of benzene rings is 2. The third kappa shape index (κ3) is 3.21. The highest BCUT2D eigenvalue weighted by Crippen LogP contribution is 2.40. The van der Waals surface area contributed by atoms with Crippen molar-refractivity contribution in [1.82, 2.24) is 5.32 Å². The van der Waals surface area contributed by atoms with Crippen LogP contribution in [0.3, 0.4) is 0 Å². The second-order valence-corrected chi connectivity index (χ2v) is 7.86. The van der Waals surface area contributed by atoms with E-state index in [2.05, 4.69) is 17.2 Å². The first-order valence-corrected chi connectivity index (χ1v) is 8.98. The van der Waals surface area contributed by atoms with Crippen molar-refractivity contribution in [2.75, 3.05) is 4.90 Å². The lowest BCUT2D eigenvalue weighted by molar-refractivity contribution is -0.131. The van der Waals surface area contributed by atoms with Gasteiger partial charge in [0.05, 0.1) is 16.8 Å². The molecule has 0 aromatic heterocycles. The second kappa shape index (κ2) is 6.59. The molecule has 2 aromatic carbocycles. The lowest BCUT2D eigenvalue weighted by atomic mass is 9.73. The molecule has 2 aromatic rings. The minimum absolute atomic E-state index is 0.105. The average molecular weight is 360 g/mol. The standard InChI is InChI=1S/C23H24N2O2/c1-16(26)24-23(4,5)22(2,3)21(27)25-19-12-8-6-10-17(19)14-15-18-11-7-9-13-20(18)25/h6-13H,1-5H3,(H,24,26). The highest BCUT2D eigenvalue weighted by atomic mass is 16.2. The summed E-state index contributed by atoms with van der Waals surface area (Å²) in [6, 6.07) is 15.3. The molecular formula is C23H24N2O2. The highest BCUT2D eigenvalue weighted by molar-refractivity contribution is 6.07. The maximum Gasteiger partial charge on any atom is 0.239 e. The van der Waals surface area contributed by atoms with Gasteiger partial charge in [0.25, 0.3) is 0 Å². The van der Waals surface area contributed by atoms with E-state index in [-0.39, 0.29) is 11.8 Å². The Morgan fingerprint density at radius 3 is 1.74 bits per heavy atom. The fraction of sp³-hybridized carbons (Fsp3) is 0.304. The summed E-state index contributed by atoms with van der Waals surface area (Å²) in [5.74, 6) is 6.08. The normalized spacial score (nSPS) is 12.9. The topological polar surface area (TPSA) is 49.4 Å². The Hall–Kier alpha value is -3.06. The van der Waals surface area contributed by atoms with Crippen LogP contribution in [0.15, 0.2) is 48.5 Å². The van der Waals surface area contributed by atoms with Gasteiger partial charge in [0.2, 0.25) is 11.8 Å². The van der Waals surface area contributed by atoms with Crippen LogP contribution in [0.2, 0.25) is 0 Å². The van der Waals surface area contributed by atoms with Crippen molar-refractivity contribution in [2.45, 2.75) is 40.2 Å². The number of anilines is 2. The van der Waals surface area contributed by atoms with Crippen molar-refractivity contribution < 1.29 is 9.59 Å². The Morgan fingerprint density at radius 1 is 0.852 bits per heavy atom. The number of rotatable bonds is 3. The van der Waals surface area contributed by atoms with Gasteiger partial charge in [-0.2, -0.15) is 0 Å². The van der Waals surface area contributed by atoms with Crippen LogP contribution in [0.25, 0.3) is 0 Å². The molecule has 3 rings (SSSR count). The Labute approximate surface area is 160 Å². The molecule has 0 spiro atoms. The molecule has 0 bridgehead atoms. The van der Waals surface area contributed by atoms with Crippen molar-refractivity contribution in [2.24, 2.45) is 5.41 Å². The Kier molecular flexibility index (Phi) is 4.57. The molecule has 0 radical (unpaired) electrons. The van der Waals surface area contributed by atoms with Gasteiger partial charge in [0, 0.05) is 23.6 Å². The van der Waals surface area contributed by atoms with E-state index < -0.39 is 11.0 Å². The quantitative estimate of drug-likeness (QED) is 0.841. The van der Waals surface area contributed by atoms with Gasteiger partial charge in [-0.3, -0.25) is 14.5 Å². The molecule has 4 nitrogen and oxygen atoms in total. The molecule has 1 N–H and O–H groups in total. The van der Waals surface area contributed by atoms with Crippen molar-refractivity contribution in [1.29, 1.82) is 0 Å². The number of nitrogens with zero attached hydrogens (tertiary/aromatic N) is 1. The smallest absolute Gasteiger partial charge is 0.239 e. The number of fused-ring (bicyclic) bond motifs is 2. The third-order valence-corrected chi connectivity index (χ3v) is 5.41.